The van der Waals surface area contributed by atoms with Crippen molar-refractivity contribution in [1.29, 1.82) is 0 Å². The molecule has 0 bridgehead atoms. The Balaban J connectivity index is 1.54. The van der Waals surface area contributed by atoms with Crippen molar-refractivity contribution < 1.29 is 0 Å². The first-order chi connectivity index (χ1) is 12.9. The maximum absolute atomic E-state index is 5.80. The van der Waals surface area contributed by atoms with Crippen molar-refractivity contribution in [3.8, 4) is 0 Å². The number of aryl methyl sites for hydroxylation is 2. The lowest BCUT2D eigenvalue weighted by Crippen LogP contribution is -2.45. The SMILES string of the molecule is Cc1ccc([C@H](CNC2CCN(c3cc(C)nc(N)n3)CC2)N(C)C)cc1. The Kier molecular flexibility index (Phi) is 6.29. The van der Waals surface area contributed by atoms with Crippen molar-refractivity contribution in [3.63, 3.8) is 0 Å². The van der Waals surface area contributed by atoms with Gasteiger partial charge in [0.25, 0.3) is 0 Å². The van der Waals surface area contributed by atoms with Crippen LogP contribution < -0.4 is 16.0 Å². The van der Waals surface area contributed by atoms with Crippen molar-refractivity contribution in [2.24, 2.45) is 0 Å². The second-order valence-electron chi connectivity index (χ2n) is 7.79. The molecule has 1 aromatic heterocycles. The third-order valence-electron chi connectivity index (χ3n) is 5.36. The van der Waals surface area contributed by atoms with E-state index in [4.69, 9.17) is 5.73 Å². The zero-order valence-corrected chi connectivity index (χ0v) is 16.9. The van der Waals surface area contributed by atoms with Gasteiger partial charge in [0.15, 0.2) is 0 Å². The molecule has 1 fully saturated rings. The topological polar surface area (TPSA) is 70.3 Å². The van der Waals surface area contributed by atoms with Crippen molar-refractivity contribution in [1.82, 2.24) is 20.2 Å². The van der Waals surface area contributed by atoms with Crippen molar-refractivity contribution in [2.75, 3.05) is 44.4 Å². The molecule has 3 rings (SSSR count). The number of anilines is 2. The van der Waals surface area contributed by atoms with E-state index in [9.17, 15) is 0 Å². The van der Waals surface area contributed by atoms with E-state index in [1.807, 2.05) is 13.0 Å². The molecule has 1 atom stereocenters. The monoisotopic (exact) mass is 368 g/mol. The Hall–Kier alpha value is -2.18. The summed E-state index contributed by atoms with van der Waals surface area (Å²) in [5.74, 6) is 1.31. The van der Waals surface area contributed by atoms with Gasteiger partial charge in [-0.25, -0.2) is 4.98 Å². The van der Waals surface area contributed by atoms with E-state index >= 15 is 0 Å². The second kappa shape index (κ2) is 8.67. The highest BCUT2D eigenvalue weighted by Crippen LogP contribution is 2.21. The third kappa shape index (κ3) is 5.17. The van der Waals surface area contributed by atoms with Crippen molar-refractivity contribution >= 4 is 11.8 Å². The molecule has 146 valence electrons. The van der Waals surface area contributed by atoms with Gasteiger partial charge in [-0.2, -0.15) is 4.98 Å². The number of nitrogens with zero attached hydrogens (tertiary/aromatic N) is 4. The van der Waals surface area contributed by atoms with Gasteiger partial charge < -0.3 is 20.9 Å². The lowest BCUT2D eigenvalue weighted by atomic mass is 10.0. The largest absolute Gasteiger partial charge is 0.368 e. The summed E-state index contributed by atoms with van der Waals surface area (Å²) in [6.45, 7) is 7.03. The highest BCUT2D eigenvalue weighted by molar-refractivity contribution is 5.43. The highest BCUT2D eigenvalue weighted by Gasteiger charge is 2.22. The smallest absolute Gasteiger partial charge is 0.222 e. The predicted molar refractivity (Wildman–Crippen MR) is 112 cm³/mol. The van der Waals surface area contributed by atoms with E-state index in [-0.39, 0.29) is 0 Å². The van der Waals surface area contributed by atoms with Crippen LogP contribution in [0.1, 0.15) is 35.7 Å². The number of nitrogens with two attached hydrogens (primary N) is 1. The summed E-state index contributed by atoms with van der Waals surface area (Å²) in [5, 5.41) is 3.79. The molecule has 6 nitrogen and oxygen atoms in total. The van der Waals surface area contributed by atoms with Gasteiger partial charge >= 0.3 is 0 Å². The van der Waals surface area contributed by atoms with E-state index in [1.165, 1.54) is 11.1 Å². The fourth-order valence-electron chi connectivity index (χ4n) is 3.71. The second-order valence-corrected chi connectivity index (χ2v) is 7.79. The van der Waals surface area contributed by atoms with Crippen LogP contribution in [0.4, 0.5) is 11.8 Å². The summed E-state index contributed by atoms with van der Waals surface area (Å²) in [4.78, 5) is 13.2. The number of nitrogen functional groups attached to an aromatic ring is 1. The Bertz CT molecular complexity index is 715. The number of likely N-dealkylation sites (N-methyl/N-ethyl adjacent to an activating group) is 1. The van der Waals surface area contributed by atoms with Crippen LogP contribution in [0.15, 0.2) is 30.3 Å². The zero-order valence-electron chi connectivity index (χ0n) is 16.9. The molecule has 6 heteroatoms. The van der Waals surface area contributed by atoms with Gasteiger partial charge in [-0.3, -0.25) is 0 Å². The average Bonchev–Trinajstić information content (AvgIpc) is 2.63. The van der Waals surface area contributed by atoms with Gasteiger partial charge in [0.2, 0.25) is 5.95 Å². The summed E-state index contributed by atoms with van der Waals surface area (Å²) in [6, 6.07) is 11.8. The van der Waals surface area contributed by atoms with Crippen LogP contribution >= 0.6 is 0 Å². The summed E-state index contributed by atoms with van der Waals surface area (Å²) < 4.78 is 0. The van der Waals surface area contributed by atoms with Crippen molar-refractivity contribution in [2.45, 2.75) is 38.8 Å². The molecule has 0 aliphatic carbocycles. The van der Waals surface area contributed by atoms with E-state index in [0.29, 0.717) is 18.0 Å². The number of aromatic nitrogens is 2. The Morgan fingerprint density at radius 2 is 1.81 bits per heavy atom. The van der Waals surface area contributed by atoms with Crippen LogP contribution in [0.3, 0.4) is 0 Å². The molecule has 2 aromatic rings. The number of hydrogen-bond donors (Lipinski definition) is 2. The molecule has 27 heavy (non-hydrogen) atoms. The number of nitrogens with one attached hydrogen (secondary N) is 1. The number of rotatable bonds is 6. The first kappa shape index (κ1) is 19.6. The van der Waals surface area contributed by atoms with Crippen LogP contribution in [0.5, 0.6) is 0 Å². The van der Waals surface area contributed by atoms with Crippen molar-refractivity contribution in [3.05, 3.63) is 47.2 Å². The molecule has 0 saturated carbocycles. The molecular formula is C21H32N6. The molecule has 0 amide bonds. The lowest BCUT2D eigenvalue weighted by Gasteiger charge is -2.35. The van der Waals surface area contributed by atoms with Crippen LogP contribution in [-0.4, -0.2) is 54.6 Å². The summed E-state index contributed by atoms with van der Waals surface area (Å²) in [6.07, 6.45) is 2.22. The minimum atomic E-state index is 0.358. The Morgan fingerprint density at radius 3 is 2.41 bits per heavy atom. The van der Waals surface area contributed by atoms with Gasteiger partial charge in [-0.15, -0.1) is 0 Å². The number of hydrogen-bond acceptors (Lipinski definition) is 6. The molecule has 1 aromatic carbocycles. The number of benzene rings is 1. The quantitative estimate of drug-likeness (QED) is 0.817. The maximum atomic E-state index is 5.80. The van der Waals surface area contributed by atoms with Gasteiger partial charge in [-0.05, 0) is 46.3 Å². The third-order valence-corrected chi connectivity index (χ3v) is 5.36. The maximum Gasteiger partial charge on any atom is 0.222 e. The average molecular weight is 369 g/mol. The van der Waals surface area contributed by atoms with Gasteiger partial charge in [-0.1, -0.05) is 29.8 Å². The first-order valence-electron chi connectivity index (χ1n) is 9.75. The Labute approximate surface area is 162 Å². The predicted octanol–water partition coefficient (Wildman–Crippen LogP) is 2.54. The summed E-state index contributed by atoms with van der Waals surface area (Å²) in [7, 11) is 4.30. The Morgan fingerprint density at radius 1 is 1.15 bits per heavy atom. The van der Waals surface area contributed by atoms with Crippen LogP contribution in [0, 0.1) is 13.8 Å². The summed E-state index contributed by atoms with van der Waals surface area (Å²) >= 11 is 0. The van der Waals surface area contributed by atoms with Crippen LogP contribution in [0.2, 0.25) is 0 Å². The van der Waals surface area contributed by atoms with E-state index in [2.05, 4.69) is 70.4 Å². The molecular weight excluding hydrogens is 336 g/mol. The highest BCUT2D eigenvalue weighted by atomic mass is 15.2. The molecule has 0 radical (unpaired) electrons. The molecule has 1 aliphatic heterocycles. The minimum absolute atomic E-state index is 0.358. The van der Waals surface area contributed by atoms with E-state index < -0.39 is 0 Å². The van der Waals surface area contributed by atoms with Gasteiger partial charge in [0.05, 0.1) is 0 Å². The van der Waals surface area contributed by atoms with Gasteiger partial charge in [0, 0.05) is 43.5 Å². The molecule has 2 heterocycles. The minimum Gasteiger partial charge on any atom is -0.368 e. The number of piperidine rings is 1. The van der Waals surface area contributed by atoms with Crippen LogP contribution in [-0.2, 0) is 0 Å². The molecule has 1 saturated heterocycles. The molecule has 3 N–H and O–H groups in total. The van der Waals surface area contributed by atoms with E-state index in [1.54, 1.807) is 0 Å². The fraction of sp³-hybridized carbons (Fsp3) is 0.524. The summed E-state index contributed by atoms with van der Waals surface area (Å²) in [5.41, 5.74) is 9.39. The molecule has 0 unspecified atom stereocenters. The lowest BCUT2D eigenvalue weighted by molar-refractivity contribution is 0.271. The molecule has 1 aliphatic rings. The first-order valence-corrected chi connectivity index (χ1v) is 9.75. The fourth-order valence-corrected chi connectivity index (χ4v) is 3.71. The standard InChI is InChI=1S/C21H32N6/c1-15-5-7-17(8-6-15)19(26(3)4)14-23-18-9-11-27(12-10-18)20-13-16(2)24-21(22)25-20/h5-8,13,18-19,23H,9-12,14H2,1-4H3,(H2,22,24,25)/t19-/m0/s1. The normalized spacial score (nSPS) is 16.7. The van der Waals surface area contributed by atoms with Gasteiger partial charge in [0.1, 0.15) is 5.82 Å². The zero-order chi connectivity index (χ0) is 19.4. The molecule has 0 spiro atoms. The van der Waals surface area contributed by atoms with Crippen LogP contribution in [0.25, 0.3) is 0 Å². The van der Waals surface area contributed by atoms with E-state index in [0.717, 1.165) is 44.0 Å².